The van der Waals surface area contributed by atoms with E-state index in [-0.39, 0.29) is 0 Å². The molecule has 0 N–H and O–H groups in total. The lowest BCUT2D eigenvalue weighted by Gasteiger charge is -2.05. The third-order valence-electron chi connectivity index (χ3n) is 1.46. The summed E-state index contributed by atoms with van der Waals surface area (Å²) in [5, 5.41) is 0. The van der Waals surface area contributed by atoms with Crippen LogP contribution in [0.5, 0.6) is 0 Å². The van der Waals surface area contributed by atoms with E-state index in [0.717, 1.165) is 6.42 Å². The largest absolute Gasteiger partial charge is 0.103 e. The van der Waals surface area contributed by atoms with E-state index in [1.807, 2.05) is 12.2 Å². The van der Waals surface area contributed by atoms with Gasteiger partial charge in [-0.2, -0.15) is 0 Å². The zero-order valence-corrected chi connectivity index (χ0v) is 6.27. The highest BCUT2D eigenvalue weighted by atomic mass is 14.0. The molecule has 0 saturated carbocycles. The summed E-state index contributed by atoms with van der Waals surface area (Å²) in [6.07, 6.45) is 7.55. The van der Waals surface area contributed by atoms with Gasteiger partial charge in [0.15, 0.2) is 0 Å². The molecule has 0 saturated heterocycles. The molecule has 0 amide bonds. The lowest BCUT2D eigenvalue weighted by molar-refractivity contribution is 0.590. The predicted molar refractivity (Wildman–Crippen MR) is 43.4 cm³/mol. The third kappa shape index (κ3) is 4.01. The highest BCUT2D eigenvalue weighted by Gasteiger charge is 1.97. The van der Waals surface area contributed by atoms with Gasteiger partial charge < -0.3 is 0 Å². The van der Waals surface area contributed by atoms with Crippen molar-refractivity contribution >= 4 is 0 Å². The Morgan fingerprint density at radius 2 is 2.11 bits per heavy atom. The van der Waals surface area contributed by atoms with Gasteiger partial charge in [-0.05, 0) is 18.8 Å². The summed E-state index contributed by atoms with van der Waals surface area (Å²) in [5.74, 6) is 0.660. The van der Waals surface area contributed by atoms with Crippen molar-refractivity contribution in [3.63, 3.8) is 0 Å². The van der Waals surface area contributed by atoms with Gasteiger partial charge in [-0.3, -0.25) is 0 Å². The van der Waals surface area contributed by atoms with E-state index in [0.29, 0.717) is 5.92 Å². The zero-order valence-electron chi connectivity index (χ0n) is 6.27. The summed E-state index contributed by atoms with van der Waals surface area (Å²) in [6, 6.07) is 0. The lowest BCUT2D eigenvalue weighted by Crippen LogP contribution is -1.91. The van der Waals surface area contributed by atoms with Gasteiger partial charge in [-0.1, -0.05) is 25.5 Å². The van der Waals surface area contributed by atoms with Crippen LogP contribution in [-0.4, -0.2) is 0 Å². The molecule has 0 aliphatic heterocycles. The Morgan fingerprint density at radius 1 is 1.44 bits per heavy atom. The lowest BCUT2D eigenvalue weighted by atomic mass is 10.0. The molecule has 0 aromatic rings. The average molecular weight is 124 g/mol. The van der Waals surface area contributed by atoms with Crippen molar-refractivity contribution in [3.8, 4) is 0 Å². The molecule has 0 aromatic heterocycles. The van der Waals surface area contributed by atoms with E-state index in [9.17, 15) is 0 Å². The second kappa shape index (κ2) is 5.61. The Morgan fingerprint density at radius 3 is 2.44 bits per heavy atom. The first-order chi connectivity index (χ1) is 4.35. The first-order valence-corrected chi connectivity index (χ1v) is 3.58. The van der Waals surface area contributed by atoms with Crippen LogP contribution < -0.4 is 0 Å². The van der Waals surface area contributed by atoms with E-state index >= 15 is 0 Å². The molecular weight excluding hydrogens is 108 g/mol. The number of hydrogen-bond donors (Lipinski definition) is 0. The van der Waals surface area contributed by atoms with Gasteiger partial charge in [0.1, 0.15) is 0 Å². The quantitative estimate of drug-likeness (QED) is 0.494. The molecule has 0 heterocycles. The topological polar surface area (TPSA) is 0 Å². The summed E-state index contributed by atoms with van der Waals surface area (Å²) in [6.45, 7) is 9.63. The normalized spacial score (nSPS) is 12.6. The molecule has 1 unspecified atom stereocenters. The van der Waals surface area contributed by atoms with E-state index in [2.05, 4.69) is 20.1 Å². The molecule has 0 heteroatoms. The highest BCUT2D eigenvalue weighted by molar-refractivity contribution is 4.84. The number of rotatable bonds is 5. The van der Waals surface area contributed by atoms with E-state index in [1.165, 1.54) is 12.8 Å². The summed E-state index contributed by atoms with van der Waals surface area (Å²) in [7, 11) is 0. The standard InChI is InChI=1S/C9H16/c1-4-7-9(6-3)8-5-2/h4,6,9H,1,3,5,7-8H2,2H3. The van der Waals surface area contributed by atoms with Crippen molar-refractivity contribution < 1.29 is 0 Å². The molecule has 0 aliphatic carbocycles. The van der Waals surface area contributed by atoms with E-state index < -0.39 is 0 Å². The Labute approximate surface area is 58.3 Å². The fourth-order valence-electron chi connectivity index (χ4n) is 0.917. The monoisotopic (exact) mass is 124 g/mol. The zero-order chi connectivity index (χ0) is 7.11. The molecule has 1 atom stereocenters. The molecule has 0 nitrogen and oxygen atoms in total. The van der Waals surface area contributed by atoms with Crippen LogP contribution in [0.3, 0.4) is 0 Å². The third-order valence-corrected chi connectivity index (χ3v) is 1.46. The maximum Gasteiger partial charge on any atom is -0.0202 e. The van der Waals surface area contributed by atoms with Gasteiger partial charge in [0.25, 0.3) is 0 Å². The van der Waals surface area contributed by atoms with Gasteiger partial charge >= 0.3 is 0 Å². The Balaban J connectivity index is 3.40. The maximum absolute atomic E-state index is 3.75. The minimum atomic E-state index is 0.660. The van der Waals surface area contributed by atoms with E-state index in [1.54, 1.807) is 0 Å². The van der Waals surface area contributed by atoms with Crippen LogP contribution in [0.1, 0.15) is 26.2 Å². The Hall–Kier alpha value is -0.520. The Kier molecular flexibility index (Phi) is 5.29. The molecule has 0 rings (SSSR count). The van der Waals surface area contributed by atoms with Crippen LogP contribution in [-0.2, 0) is 0 Å². The van der Waals surface area contributed by atoms with Gasteiger partial charge in [0.05, 0.1) is 0 Å². The molecular formula is C9H16. The number of hydrogen-bond acceptors (Lipinski definition) is 0. The van der Waals surface area contributed by atoms with Crippen LogP contribution >= 0.6 is 0 Å². The molecule has 52 valence electrons. The van der Waals surface area contributed by atoms with Crippen molar-refractivity contribution in [2.75, 3.05) is 0 Å². The van der Waals surface area contributed by atoms with Crippen molar-refractivity contribution in [2.24, 2.45) is 5.92 Å². The van der Waals surface area contributed by atoms with Crippen LogP contribution in [0.2, 0.25) is 0 Å². The van der Waals surface area contributed by atoms with Crippen molar-refractivity contribution in [1.82, 2.24) is 0 Å². The summed E-state index contributed by atoms with van der Waals surface area (Å²) >= 11 is 0. The molecule has 9 heavy (non-hydrogen) atoms. The summed E-state index contributed by atoms with van der Waals surface area (Å²) in [5.41, 5.74) is 0. The van der Waals surface area contributed by atoms with Crippen molar-refractivity contribution in [2.45, 2.75) is 26.2 Å². The second-order valence-corrected chi connectivity index (χ2v) is 2.31. The molecule has 0 aliphatic rings. The van der Waals surface area contributed by atoms with Crippen LogP contribution in [0, 0.1) is 5.92 Å². The Bertz CT molecular complexity index is 82.0. The van der Waals surface area contributed by atoms with Crippen molar-refractivity contribution in [3.05, 3.63) is 25.3 Å². The predicted octanol–water partition coefficient (Wildman–Crippen LogP) is 3.16. The number of allylic oxidation sites excluding steroid dienone is 2. The SMILES string of the molecule is C=CCC(C=C)CCC. The second-order valence-electron chi connectivity index (χ2n) is 2.31. The summed E-state index contributed by atoms with van der Waals surface area (Å²) in [4.78, 5) is 0. The minimum absolute atomic E-state index is 0.660. The van der Waals surface area contributed by atoms with Gasteiger partial charge in [-0.25, -0.2) is 0 Å². The first-order valence-electron chi connectivity index (χ1n) is 3.58. The van der Waals surface area contributed by atoms with Gasteiger partial charge in [-0.15, -0.1) is 13.2 Å². The maximum atomic E-state index is 3.75. The molecule has 0 spiro atoms. The molecule has 0 radical (unpaired) electrons. The average Bonchev–Trinajstić information content (AvgIpc) is 1.88. The fourth-order valence-corrected chi connectivity index (χ4v) is 0.917. The molecule has 0 aromatic carbocycles. The summed E-state index contributed by atoms with van der Waals surface area (Å²) < 4.78 is 0. The van der Waals surface area contributed by atoms with Crippen molar-refractivity contribution in [1.29, 1.82) is 0 Å². The van der Waals surface area contributed by atoms with Gasteiger partial charge in [0, 0.05) is 0 Å². The fraction of sp³-hybridized carbons (Fsp3) is 0.556. The highest BCUT2D eigenvalue weighted by Crippen LogP contribution is 2.11. The van der Waals surface area contributed by atoms with Crippen LogP contribution in [0.4, 0.5) is 0 Å². The molecule has 0 fully saturated rings. The smallest absolute Gasteiger partial charge is 0.0202 e. The minimum Gasteiger partial charge on any atom is -0.103 e. The van der Waals surface area contributed by atoms with Gasteiger partial charge in [0.2, 0.25) is 0 Å². The molecule has 0 bridgehead atoms. The van der Waals surface area contributed by atoms with Crippen LogP contribution in [0.25, 0.3) is 0 Å². The van der Waals surface area contributed by atoms with Crippen LogP contribution in [0.15, 0.2) is 25.3 Å². The van der Waals surface area contributed by atoms with E-state index in [4.69, 9.17) is 0 Å². The first kappa shape index (κ1) is 8.48.